The van der Waals surface area contributed by atoms with E-state index in [0.29, 0.717) is 16.8 Å². The number of hydrogen-bond donors (Lipinski definition) is 2. The maximum Gasteiger partial charge on any atom is 0.237 e. The standard InChI is InChI=1S/C19H20FNO3/c1-19(2)14-10-13(20)8-9-15(14)21(18(19)24)17(16(23)11-22)12-6-4-3-5-7-12/h3-10,16-17,22-23H,11H2,1-2H3/t16-,17+/m1/s1. The van der Waals surface area contributed by atoms with E-state index in [2.05, 4.69) is 0 Å². The van der Waals surface area contributed by atoms with Crippen LogP contribution < -0.4 is 4.90 Å². The Morgan fingerprint density at radius 2 is 1.83 bits per heavy atom. The summed E-state index contributed by atoms with van der Waals surface area (Å²) in [6.07, 6.45) is -1.15. The number of anilines is 1. The predicted molar refractivity (Wildman–Crippen MR) is 89.2 cm³/mol. The molecule has 5 heteroatoms. The van der Waals surface area contributed by atoms with Gasteiger partial charge in [0, 0.05) is 5.69 Å². The monoisotopic (exact) mass is 329 g/mol. The zero-order chi connectivity index (χ0) is 17.5. The molecule has 3 rings (SSSR count). The van der Waals surface area contributed by atoms with Crippen LogP contribution in [0, 0.1) is 5.82 Å². The molecule has 126 valence electrons. The Morgan fingerprint density at radius 3 is 2.46 bits per heavy atom. The van der Waals surface area contributed by atoms with E-state index in [9.17, 15) is 19.4 Å². The Kier molecular flexibility index (Phi) is 4.15. The molecule has 0 radical (unpaired) electrons. The lowest BCUT2D eigenvalue weighted by Gasteiger charge is -2.33. The van der Waals surface area contributed by atoms with Gasteiger partial charge in [-0.2, -0.15) is 0 Å². The van der Waals surface area contributed by atoms with Gasteiger partial charge in [0.25, 0.3) is 0 Å². The average Bonchev–Trinajstić information content (AvgIpc) is 2.77. The molecule has 0 saturated carbocycles. The van der Waals surface area contributed by atoms with Crippen LogP contribution in [0.1, 0.15) is 31.0 Å². The number of nitrogens with zero attached hydrogens (tertiary/aromatic N) is 1. The molecular formula is C19H20FNO3. The molecule has 1 aliphatic rings. The fourth-order valence-electron chi connectivity index (χ4n) is 3.31. The topological polar surface area (TPSA) is 60.8 Å². The molecule has 4 nitrogen and oxygen atoms in total. The van der Waals surface area contributed by atoms with Crippen molar-refractivity contribution in [3.8, 4) is 0 Å². The van der Waals surface area contributed by atoms with Crippen molar-refractivity contribution >= 4 is 11.6 Å². The number of carbonyl (C=O) groups excluding carboxylic acids is 1. The Morgan fingerprint density at radius 1 is 1.17 bits per heavy atom. The summed E-state index contributed by atoms with van der Waals surface area (Å²) in [5, 5.41) is 19.9. The van der Waals surface area contributed by atoms with E-state index in [1.165, 1.54) is 17.0 Å². The van der Waals surface area contributed by atoms with Crippen molar-refractivity contribution < 1.29 is 19.4 Å². The molecule has 0 fully saturated rings. The number of halogens is 1. The molecule has 0 spiro atoms. The third-order valence-corrected chi connectivity index (χ3v) is 4.62. The van der Waals surface area contributed by atoms with Gasteiger partial charge in [-0.25, -0.2) is 4.39 Å². The molecule has 1 amide bonds. The number of benzene rings is 2. The normalized spacial score (nSPS) is 18.4. The number of amides is 1. The lowest BCUT2D eigenvalue weighted by Crippen LogP contribution is -2.44. The SMILES string of the molecule is CC1(C)C(=O)N([C@@H](c2ccccc2)[C@H](O)CO)c2ccc(F)cc21. The minimum atomic E-state index is -1.15. The van der Waals surface area contributed by atoms with Crippen molar-refractivity contribution in [3.05, 3.63) is 65.5 Å². The fraction of sp³-hybridized carbons (Fsp3) is 0.316. The van der Waals surface area contributed by atoms with Gasteiger partial charge in [-0.15, -0.1) is 0 Å². The maximum atomic E-state index is 13.7. The minimum Gasteiger partial charge on any atom is -0.394 e. The van der Waals surface area contributed by atoms with Crippen LogP contribution in [0.2, 0.25) is 0 Å². The lowest BCUT2D eigenvalue weighted by molar-refractivity contribution is -0.123. The van der Waals surface area contributed by atoms with Crippen LogP contribution in [0.25, 0.3) is 0 Å². The Labute approximate surface area is 140 Å². The van der Waals surface area contributed by atoms with Gasteiger partial charge in [0.15, 0.2) is 0 Å². The summed E-state index contributed by atoms with van der Waals surface area (Å²) in [5.74, 6) is -0.639. The molecule has 2 atom stereocenters. The van der Waals surface area contributed by atoms with Gasteiger partial charge >= 0.3 is 0 Å². The van der Waals surface area contributed by atoms with Gasteiger partial charge in [-0.1, -0.05) is 30.3 Å². The van der Waals surface area contributed by atoms with Crippen LogP contribution in [-0.4, -0.2) is 28.8 Å². The van der Waals surface area contributed by atoms with E-state index < -0.39 is 30.0 Å². The third-order valence-electron chi connectivity index (χ3n) is 4.62. The van der Waals surface area contributed by atoms with E-state index >= 15 is 0 Å². The first-order chi connectivity index (χ1) is 11.4. The summed E-state index contributed by atoms with van der Waals surface area (Å²) in [6.45, 7) is 2.99. The number of aliphatic hydroxyl groups is 2. The van der Waals surface area contributed by atoms with Crippen LogP contribution in [-0.2, 0) is 10.2 Å². The molecule has 2 aromatic carbocycles. The summed E-state index contributed by atoms with van der Waals surface area (Å²) in [7, 11) is 0. The van der Waals surface area contributed by atoms with Gasteiger partial charge < -0.3 is 15.1 Å². The molecular weight excluding hydrogens is 309 g/mol. The summed E-state index contributed by atoms with van der Waals surface area (Å²) >= 11 is 0. The van der Waals surface area contributed by atoms with Crippen molar-refractivity contribution in [1.29, 1.82) is 0 Å². The first-order valence-corrected chi connectivity index (χ1v) is 7.85. The highest BCUT2D eigenvalue weighted by molar-refractivity contribution is 6.08. The number of fused-ring (bicyclic) bond motifs is 1. The molecule has 1 heterocycles. The number of rotatable bonds is 4. The highest BCUT2D eigenvalue weighted by atomic mass is 19.1. The lowest BCUT2D eigenvalue weighted by atomic mass is 9.86. The molecule has 2 aromatic rings. The van der Waals surface area contributed by atoms with E-state index in [4.69, 9.17) is 0 Å². The second kappa shape index (κ2) is 6.00. The Balaban J connectivity index is 2.17. The molecule has 0 aliphatic carbocycles. The van der Waals surface area contributed by atoms with Gasteiger partial charge in [-0.3, -0.25) is 4.79 Å². The first kappa shape index (κ1) is 16.6. The highest BCUT2D eigenvalue weighted by Gasteiger charge is 2.48. The number of hydrogen-bond acceptors (Lipinski definition) is 3. The van der Waals surface area contributed by atoms with Crippen LogP contribution in [0.15, 0.2) is 48.5 Å². The van der Waals surface area contributed by atoms with Gasteiger partial charge in [0.1, 0.15) is 11.9 Å². The summed E-state index contributed by atoms with van der Waals surface area (Å²) < 4.78 is 13.7. The maximum absolute atomic E-state index is 13.7. The predicted octanol–water partition coefficient (Wildman–Crippen LogP) is 2.54. The van der Waals surface area contributed by atoms with Crippen LogP contribution in [0.5, 0.6) is 0 Å². The second-order valence-electron chi connectivity index (χ2n) is 6.57. The molecule has 0 bridgehead atoms. The van der Waals surface area contributed by atoms with Crippen LogP contribution in [0.3, 0.4) is 0 Å². The third kappa shape index (κ3) is 2.50. The van der Waals surface area contributed by atoms with Gasteiger partial charge in [0.2, 0.25) is 5.91 Å². The molecule has 0 aromatic heterocycles. The van der Waals surface area contributed by atoms with E-state index in [-0.39, 0.29) is 5.91 Å². The van der Waals surface area contributed by atoms with Gasteiger partial charge in [0.05, 0.1) is 18.1 Å². The fourth-order valence-corrected chi connectivity index (χ4v) is 3.31. The smallest absolute Gasteiger partial charge is 0.237 e. The quantitative estimate of drug-likeness (QED) is 0.906. The molecule has 0 saturated heterocycles. The summed E-state index contributed by atoms with van der Waals surface area (Å²) in [6, 6.07) is 12.5. The van der Waals surface area contributed by atoms with Crippen LogP contribution >= 0.6 is 0 Å². The van der Waals surface area contributed by atoms with Crippen molar-refractivity contribution in [2.24, 2.45) is 0 Å². The van der Waals surface area contributed by atoms with Crippen molar-refractivity contribution in [1.82, 2.24) is 0 Å². The summed E-state index contributed by atoms with van der Waals surface area (Å²) in [4.78, 5) is 14.5. The van der Waals surface area contributed by atoms with Crippen molar-refractivity contribution in [3.63, 3.8) is 0 Å². The zero-order valence-corrected chi connectivity index (χ0v) is 13.6. The highest BCUT2D eigenvalue weighted by Crippen LogP contribution is 2.46. The van der Waals surface area contributed by atoms with Crippen molar-refractivity contribution in [2.45, 2.75) is 31.4 Å². The largest absolute Gasteiger partial charge is 0.394 e. The zero-order valence-electron chi connectivity index (χ0n) is 13.6. The average molecular weight is 329 g/mol. The van der Waals surface area contributed by atoms with Gasteiger partial charge in [-0.05, 0) is 43.2 Å². The van der Waals surface area contributed by atoms with E-state index in [0.717, 1.165) is 0 Å². The first-order valence-electron chi connectivity index (χ1n) is 7.85. The molecule has 1 aliphatic heterocycles. The molecule has 2 N–H and O–H groups in total. The van der Waals surface area contributed by atoms with E-state index in [1.54, 1.807) is 32.0 Å². The Bertz CT molecular complexity index is 760. The Hall–Kier alpha value is -2.24. The van der Waals surface area contributed by atoms with Crippen molar-refractivity contribution in [2.75, 3.05) is 11.5 Å². The van der Waals surface area contributed by atoms with E-state index in [1.807, 2.05) is 18.2 Å². The summed E-state index contributed by atoms with van der Waals surface area (Å²) in [5.41, 5.74) is 0.950. The molecule has 0 unspecified atom stereocenters. The minimum absolute atomic E-state index is 0.232. The number of carbonyl (C=O) groups is 1. The second-order valence-corrected chi connectivity index (χ2v) is 6.57. The molecule has 24 heavy (non-hydrogen) atoms. The van der Waals surface area contributed by atoms with Crippen LogP contribution in [0.4, 0.5) is 10.1 Å². The number of aliphatic hydroxyl groups excluding tert-OH is 2.